The number of hydrogen-bond acceptors (Lipinski definition) is 6. The molecule has 0 unspecified atom stereocenters. The van der Waals surface area contributed by atoms with E-state index < -0.39 is 0 Å². The van der Waals surface area contributed by atoms with E-state index in [1.807, 2.05) is 0 Å². The normalized spacial score (nSPS) is 10.0. The van der Waals surface area contributed by atoms with Crippen LogP contribution in [-0.4, -0.2) is 11.6 Å². The van der Waals surface area contributed by atoms with Crippen LogP contribution in [0.3, 0.4) is 0 Å². The van der Waals surface area contributed by atoms with Crippen LogP contribution in [0.25, 0.3) is 0 Å². The van der Waals surface area contributed by atoms with Gasteiger partial charge in [-0.25, -0.2) is 0 Å². The molecular weight excluding hydrogens is 400 g/mol. The van der Waals surface area contributed by atoms with Gasteiger partial charge in [-0.15, -0.1) is 0 Å². The van der Waals surface area contributed by atoms with Gasteiger partial charge in [0.1, 0.15) is 0 Å². The molecule has 0 bridgehead atoms. The van der Waals surface area contributed by atoms with Gasteiger partial charge in [0.25, 0.3) is 0 Å². The lowest BCUT2D eigenvalue weighted by molar-refractivity contribution is 0.103. The molecule has 0 radical (unpaired) electrons. The molecule has 0 fully saturated rings. The van der Waals surface area contributed by atoms with Crippen molar-refractivity contribution in [2.45, 2.75) is 0 Å². The molecular formula is C26H24N4O2. The van der Waals surface area contributed by atoms with Crippen molar-refractivity contribution in [2.75, 3.05) is 22.9 Å². The van der Waals surface area contributed by atoms with Gasteiger partial charge in [-0.1, -0.05) is 24.3 Å². The third-order valence-corrected chi connectivity index (χ3v) is 4.64. The first kappa shape index (κ1) is 22.1. The standard InChI is InChI=1S/2C13H12N2O/c14-11-5-1-9(2-6-11)13(16)10-3-7-12(15)8-4-10;14-11-5-1-3-9(7-11)13(16)10-4-2-6-12(15)8-10/h2*1-8H,14-15H2. The fraction of sp³-hybridized carbons (Fsp3) is 0. The Balaban J connectivity index is 0.000000181. The number of ketones is 2. The molecule has 0 aliphatic rings. The summed E-state index contributed by atoms with van der Waals surface area (Å²) in [6, 6.07) is 27.5. The third-order valence-electron chi connectivity index (χ3n) is 4.64. The van der Waals surface area contributed by atoms with Crippen LogP contribution in [0.1, 0.15) is 31.8 Å². The number of carbonyl (C=O) groups excluding carboxylic acids is 2. The van der Waals surface area contributed by atoms with Crippen LogP contribution < -0.4 is 22.9 Å². The second-order valence-corrected chi connectivity index (χ2v) is 7.15. The van der Waals surface area contributed by atoms with Crippen molar-refractivity contribution < 1.29 is 9.59 Å². The molecule has 0 saturated heterocycles. The fourth-order valence-electron chi connectivity index (χ4n) is 2.96. The largest absolute Gasteiger partial charge is 0.399 e. The van der Waals surface area contributed by atoms with Gasteiger partial charge < -0.3 is 22.9 Å². The number of anilines is 4. The molecule has 6 heteroatoms. The first-order chi connectivity index (χ1) is 15.3. The number of benzene rings is 4. The molecule has 160 valence electrons. The van der Waals surface area contributed by atoms with E-state index in [9.17, 15) is 9.59 Å². The third kappa shape index (κ3) is 5.73. The van der Waals surface area contributed by atoms with E-state index in [0.717, 1.165) is 0 Å². The van der Waals surface area contributed by atoms with Crippen LogP contribution in [0.4, 0.5) is 22.7 Å². The van der Waals surface area contributed by atoms with Crippen molar-refractivity contribution >= 4 is 34.3 Å². The van der Waals surface area contributed by atoms with E-state index in [-0.39, 0.29) is 11.6 Å². The van der Waals surface area contributed by atoms with Crippen LogP contribution >= 0.6 is 0 Å². The quantitative estimate of drug-likeness (QED) is 0.287. The van der Waals surface area contributed by atoms with E-state index in [1.54, 1.807) is 97.1 Å². The summed E-state index contributed by atoms with van der Waals surface area (Å²) >= 11 is 0. The van der Waals surface area contributed by atoms with Gasteiger partial charge in [0.2, 0.25) is 0 Å². The molecule has 0 atom stereocenters. The maximum Gasteiger partial charge on any atom is 0.193 e. The predicted octanol–water partition coefficient (Wildman–Crippen LogP) is 4.16. The molecule has 4 aromatic rings. The van der Waals surface area contributed by atoms with Gasteiger partial charge in [-0.05, 0) is 72.8 Å². The molecule has 0 saturated carbocycles. The summed E-state index contributed by atoms with van der Waals surface area (Å²) in [5.74, 6) is -0.0976. The minimum absolute atomic E-state index is 0.0278. The molecule has 0 aliphatic heterocycles. The van der Waals surface area contributed by atoms with Gasteiger partial charge >= 0.3 is 0 Å². The smallest absolute Gasteiger partial charge is 0.193 e. The van der Waals surface area contributed by atoms with Crippen molar-refractivity contribution in [2.24, 2.45) is 0 Å². The fourth-order valence-corrected chi connectivity index (χ4v) is 2.96. The molecule has 8 N–H and O–H groups in total. The van der Waals surface area contributed by atoms with E-state index in [1.165, 1.54) is 0 Å². The number of carbonyl (C=O) groups is 2. The minimum Gasteiger partial charge on any atom is -0.399 e. The highest BCUT2D eigenvalue weighted by atomic mass is 16.1. The van der Waals surface area contributed by atoms with Gasteiger partial charge in [0.05, 0.1) is 0 Å². The summed E-state index contributed by atoms with van der Waals surface area (Å²) in [5, 5.41) is 0. The number of rotatable bonds is 4. The zero-order chi connectivity index (χ0) is 23.1. The number of hydrogen-bond donors (Lipinski definition) is 4. The summed E-state index contributed by atoms with van der Waals surface area (Å²) in [4.78, 5) is 24.0. The highest BCUT2D eigenvalue weighted by Crippen LogP contribution is 2.15. The first-order valence-electron chi connectivity index (χ1n) is 9.85. The molecule has 0 amide bonds. The van der Waals surface area contributed by atoms with Crippen molar-refractivity contribution in [3.63, 3.8) is 0 Å². The average molecular weight is 425 g/mol. The Bertz CT molecular complexity index is 1140. The predicted molar refractivity (Wildman–Crippen MR) is 130 cm³/mol. The van der Waals surface area contributed by atoms with Crippen LogP contribution in [0, 0.1) is 0 Å². The molecule has 0 aromatic heterocycles. The summed E-state index contributed by atoms with van der Waals surface area (Å²) < 4.78 is 0. The Morgan fingerprint density at radius 1 is 0.406 bits per heavy atom. The highest BCUT2D eigenvalue weighted by molar-refractivity contribution is 6.10. The average Bonchev–Trinajstić information content (AvgIpc) is 2.79. The number of nitrogen functional groups attached to an aromatic ring is 4. The zero-order valence-corrected chi connectivity index (χ0v) is 17.4. The lowest BCUT2D eigenvalue weighted by atomic mass is 10.0. The number of nitrogens with two attached hydrogens (primary N) is 4. The SMILES string of the molecule is Nc1ccc(C(=O)c2ccc(N)cc2)cc1.Nc1cccc(C(=O)c2cccc(N)c2)c1. The minimum atomic E-state index is -0.0698. The Kier molecular flexibility index (Phi) is 6.88. The topological polar surface area (TPSA) is 138 Å². The second kappa shape index (κ2) is 9.95. The molecule has 4 rings (SSSR count). The van der Waals surface area contributed by atoms with E-state index in [0.29, 0.717) is 45.0 Å². The van der Waals surface area contributed by atoms with Crippen molar-refractivity contribution in [3.8, 4) is 0 Å². The van der Waals surface area contributed by atoms with Crippen LogP contribution in [0.2, 0.25) is 0 Å². The first-order valence-corrected chi connectivity index (χ1v) is 9.85. The Morgan fingerprint density at radius 2 is 0.750 bits per heavy atom. The van der Waals surface area contributed by atoms with E-state index in [4.69, 9.17) is 22.9 Å². The van der Waals surface area contributed by atoms with Crippen molar-refractivity contribution in [3.05, 3.63) is 119 Å². The Morgan fingerprint density at radius 3 is 1.09 bits per heavy atom. The maximum absolute atomic E-state index is 12.0. The zero-order valence-electron chi connectivity index (χ0n) is 17.4. The van der Waals surface area contributed by atoms with Gasteiger partial charge in [-0.2, -0.15) is 0 Å². The second-order valence-electron chi connectivity index (χ2n) is 7.15. The molecule has 0 spiro atoms. The van der Waals surface area contributed by atoms with E-state index >= 15 is 0 Å². The van der Waals surface area contributed by atoms with E-state index in [2.05, 4.69) is 0 Å². The Labute approximate surface area is 186 Å². The highest BCUT2D eigenvalue weighted by Gasteiger charge is 2.09. The van der Waals surface area contributed by atoms with Crippen LogP contribution in [0.5, 0.6) is 0 Å². The summed E-state index contributed by atoms with van der Waals surface area (Å²) in [6.07, 6.45) is 0. The summed E-state index contributed by atoms with van der Waals surface area (Å²) in [5.41, 5.74) is 27.2. The monoisotopic (exact) mass is 424 g/mol. The molecule has 4 aromatic carbocycles. The molecule has 32 heavy (non-hydrogen) atoms. The lowest BCUT2D eigenvalue weighted by Gasteiger charge is -2.03. The molecule has 0 aliphatic carbocycles. The van der Waals surface area contributed by atoms with Crippen molar-refractivity contribution in [1.29, 1.82) is 0 Å². The van der Waals surface area contributed by atoms with Gasteiger partial charge in [-0.3, -0.25) is 9.59 Å². The summed E-state index contributed by atoms with van der Waals surface area (Å²) in [6.45, 7) is 0. The lowest BCUT2D eigenvalue weighted by Crippen LogP contribution is -2.02. The summed E-state index contributed by atoms with van der Waals surface area (Å²) in [7, 11) is 0. The molecule has 0 heterocycles. The van der Waals surface area contributed by atoms with Crippen LogP contribution in [-0.2, 0) is 0 Å². The maximum atomic E-state index is 12.0. The van der Waals surface area contributed by atoms with Crippen molar-refractivity contribution in [1.82, 2.24) is 0 Å². The van der Waals surface area contributed by atoms with Gasteiger partial charge in [0.15, 0.2) is 11.6 Å². The molecule has 6 nitrogen and oxygen atoms in total. The van der Waals surface area contributed by atoms with Gasteiger partial charge in [0, 0.05) is 45.0 Å². The van der Waals surface area contributed by atoms with Crippen LogP contribution in [0.15, 0.2) is 97.1 Å². The Hall–Kier alpha value is -4.58.